The van der Waals surface area contributed by atoms with Crippen molar-refractivity contribution in [3.8, 4) is 0 Å². The van der Waals surface area contributed by atoms with Crippen LogP contribution in [-0.4, -0.2) is 41.8 Å². The van der Waals surface area contributed by atoms with Gasteiger partial charge < -0.3 is 9.88 Å². The smallest absolute Gasteiger partial charge is 0.369 e. The molecule has 0 amide bonds. The van der Waals surface area contributed by atoms with E-state index in [1.807, 2.05) is 66.4 Å². The van der Waals surface area contributed by atoms with Gasteiger partial charge in [-0.2, -0.15) is 13.2 Å². The average Bonchev–Trinajstić information content (AvgIpc) is 3.20. The summed E-state index contributed by atoms with van der Waals surface area (Å²) in [5.74, 6) is 0.0265. The van der Waals surface area contributed by atoms with Gasteiger partial charge >= 0.3 is 6.18 Å². The van der Waals surface area contributed by atoms with Gasteiger partial charge in [-0.3, -0.25) is 9.69 Å². The molecule has 3 aromatic carbocycles. The van der Waals surface area contributed by atoms with Gasteiger partial charge in [0.1, 0.15) is 0 Å². The molecule has 7 heteroatoms. The van der Waals surface area contributed by atoms with Gasteiger partial charge in [0.15, 0.2) is 5.78 Å². The third-order valence-corrected chi connectivity index (χ3v) is 6.72. The molecule has 180 valence electrons. The van der Waals surface area contributed by atoms with Gasteiger partial charge in [0, 0.05) is 54.0 Å². The quantitative estimate of drug-likeness (QED) is 0.346. The number of benzene rings is 3. The fourth-order valence-electron chi connectivity index (χ4n) is 5.01. The zero-order valence-electron chi connectivity index (χ0n) is 19.3. The topological polar surface area (TPSA) is 39.3 Å². The number of hydrogen-bond acceptors (Lipinski definition) is 3. The zero-order chi connectivity index (χ0) is 24.6. The minimum absolute atomic E-state index is 0.0265. The van der Waals surface area contributed by atoms with E-state index in [1.165, 1.54) is 12.1 Å². The molecule has 0 saturated carbocycles. The molecule has 35 heavy (non-hydrogen) atoms. The number of piperazine rings is 1. The van der Waals surface area contributed by atoms with Crippen molar-refractivity contribution in [3.05, 3.63) is 101 Å². The molecule has 1 atom stereocenters. The molecule has 4 nitrogen and oxygen atoms in total. The molecule has 1 N–H and O–H groups in total. The first-order chi connectivity index (χ1) is 16.8. The van der Waals surface area contributed by atoms with E-state index >= 15 is 0 Å². The highest BCUT2D eigenvalue weighted by Gasteiger charge is 2.34. The van der Waals surface area contributed by atoms with Crippen LogP contribution in [0.2, 0.25) is 0 Å². The average molecular weight is 478 g/mol. The summed E-state index contributed by atoms with van der Waals surface area (Å²) in [5, 5.41) is 0.901. The maximum atomic E-state index is 14.0. The molecule has 2 heterocycles. The fraction of sp³-hybridized carbons (Fsp3) is 0.250. The lowest BCUT2D eigenvalue weighted by molar-refractivity contribution is -0.137. The van der Waals surface area contributed by atoms with Gasteiger partial charge in [0.2, 0.25) is 0 Å². The van der Waals surface area contributed by atoms with Crippen LogP contribution < -0.4 is 4.90 Å². The lowest BCUT2D eigenvalue weighted by atomic mass is 9.93. The number of H-pyrrole nitrogens is 1. The summed E-state index contributed by atoms with van der Waals surface area (Å²) in [6.07, 6.45) is -4.38. The van der Waals surface area contributed by atoms with E-state index in [2.05, 4.69) is 9.88 Å². The predicted octanol–water partition coefficient (Wildman–Crippen LogP) is 6.24. The Hall–Kier alpha value is -3.58. The number of fused-ring (bicyclic) bond motifs is 1. The third kappa shape index (κ3) is 4.56. The van der Waals surface area contributed by atoms with Crippen LogP contribution in [0.15, 0.2) is 78.9 Å². The monoisotopic (exact) mass is 477 g/mol. The normalized spacial score (nSPS) is 15.9. The molecule has 5 rings (SSSR count). The van der Waals surface area contributed by atoms with Crippen molar-refractivity contribution in [2.45, 2.75) is 19.1 Å². The Morgan fingerprint density at radius 3 is 2.29 bits per heavy atom. The molecule has 1 aliphatic heterocycles. The number of hydrogen-bond donors (Lipinski definition) is 1. The first-order valence-electron chi connectivity index (χ1n) is 11.7. The van der Waals surface area contributed by atoms with Crippen LogP contribution in [0, 0.1) is 6.92 Å². The number of halogens is 3. The number of carbonyl (C=O) groups excluding carboxylic acids is 1. The Kier molecular flexibility index (Phi) is 6.11. The van der Waals surface area contributed by atoms with Gasteiger partial charge in [0.25, 0.3) is 0 Å². The van der Waals surface area contributed by atoms with E-state index in [0.29, 0.717) is 37.4 Å². The number of aryl methyl sites for hydroxylation is 1. The second kappa shape index (κ2) is 9.23. The Labute approximate surface area is 202 Å². The van der Waals surface area contributed by atoms with Crippen molar-refractivity contribution in [3.63, 3.8) is 0 Å². The Morgan fingerprint density at radius 1 is 0.886 bits per heavy atom. The number of para-hydroxylation sites is 1. The summed E-state index contributed by atoms with van der Waals surface area (Å²) in [5.41, 5.74) is 3.26. The number of nitrogens with zero attached hydrogens (tertiary/aromatic N) is 2. The molecule has 0 aliphatic carbocycles. The Morgan fingerprint density at radius 2 is 1.57 bits per heavy atom. The molecule has 0 bridgehead atoms. The summed E-state index contributed by atoms with van der Waals surface area (Å²) in [6, 6.07) is 22.5. The molecular weight excluding hydrogens is 451 g/mol. The minimum atomic E-state index is -4.38. The molecule has 1 aromatic heterocycles. The summed E-state index contributed by atoms with van der Waals surface area (Å²) in [4.78, 5) is 21.5. The number of alkyl halides is 3. The van der Waals surface area contributed by atoms with Gasteiger partial charge in [-0.05, 0) is 36.8 Å². The van der Waals surface area contributed by atoms with Gasteiger partial charge in [-0.25, -0.2) is 0 Å². The van der Waals surface area contributed by atoms with Crippen molar-refractivity contribution in [1.29, 1.82) is 0 Å². The van der Waals surface area contributed by atoms with Gasteiger partial charge in [-0.1, -0.05) is 54.6 Å². The molecule has 1 aliphatic rings. The maximum Gasteiger partial charge on any atom is 0.416 e. The van der Waals surface area contributed by atoms with E-state index in [9.17, 15) is 18.0 Å². The van der Waals surface area contributed by atoms with E-state index in [-0.39, 0.29) is 5.78 Å². The number of aromatic nitrogens is 1. The van der Waals surface area contributed by atoms with Crippen LogP contribution >= 0.6 is 0 Å². The van der Waals surface area contributed by atoms with Crippen molar-refractivity contribution in [2.75, 3.05) is 31.1 Å². The predicted molar refractivity (Wildman–Crippen MR) is 132 cm³/mol. The van der Waals surface area contributed by atoms with Crippen LogP contribution in [0.1, 0.15) is 33.2 Å². The highest BCUT2D eigenvalue weighted by Crippen LogP contribution is 2.34. The highest BCUT2D eigenvalue weighted by atomic mass is 19.4. The van der Waals surface area contributed by atoms with Crippen LogP contribution in [0.3, 0.4) is 0 Å². The molecule has 4 aromatic rings. The number of rotatable bonds is 5. The molecule has 0 radical (unpaired) electrons. The number of anilines is 1. The molecule has 1 fully saturated rings. The lowest BCUT2D eigenvalue weighted by Gasteiger charge is -2.40. The van der Waals surface area contributed by atoms with Crippen LogP contribution in [0.5, 0.6) is 0 Å². The summed E-state index contributed by atoms with van der Waals surface area (Å²) in [6.45, 7) is 4.10. The van der Waals surface area contributed by atoms with Crippen LogP contribution in [0.25, 0.3) is 10.9 Å². The van der Waals surface area contributed by atoms with E-state index < -0.39 is 17.8 Å². The van der Waals surface area contributed by atoms with E-state index in [1.54, 1.807) is 6.07 Å². The highest BCUT2D eigenvalue weighted by molar-refractivity contribution is 6.11. The zero-order valence-corrected chi connectivity index (χ0v) is 19.3. The molecule has 1 unspecified atom stereocenters. The van der Waals surface area contributed by atoms with Crippen molar-refractivity contribution < 1.29 is 18.0 Å². The summed E-state index contributed by atoms with van der Waals surface area (Å²) in [7, 11) is 0. The number of ketones is 1. The molecule has 1 saturated heterocycles. The first-order valence-corrected chi connectivity index (χ1v) is 11.7. The van der Waals surface area contributed by atoms with E-state index in [0.717, 1.165) is 28.2 Å². The second-order valence-electron chi connectivity index (χ2n) is 8.92. The maximum absolute atomic E-state index is 14.0. The summed E-state index contributed by atoms with van der Waals surface area (Å²) < 4.78 is 39.6. The fourth-order valence-corrected chi connectivity index (χ4v) is 5.01. The SMILES string of the molecule is Cc1[nH]c2ccccc2c1C(=O)C(c1ccccc1)N1CCN(c2cccc(C(F)(F)F)c2)CC1. The Bertz CT molecular complexity index is 1340. The first kappa shape index (κ1) is 23.2. The van der Waals surface area contributed by atoms with Crippen molar-refractivity contribution in [2.24, 2.45) is 0 Å². The van der Waals surface area contributed by atoms with Crippen molar-refractivity contribution in [1.82, 2.24) is 9.88 Å². The standard InChI is InChI=1S/C28H26F3N3O/c1-19-25(23-12-5-6-13-24(23)32-19)27(35)26(20-8-3-2-4-9-20)34-16-14-33(15-17-34)22-11-7-10-21(18-22)28(29,30)31/h2-13,18,26,32H,14-17H2,1H3. The lowest BCUT2D eigenvalue weighted by Crippen LogP contribution is -2.49. The molecule has 0 spiro atoms. The van der Waals surface area contributed by atoms with Gasteiger partial charge in [-0.15, -0.1) is 0 Å². The van der Waals surface area contributed by atoms with Crippen LogP contribution in [-0.2, 0) is 6.18 Å². The Balaban J connectivity index is 1.43. The second-order valence-corrected chi connectivity index (χ2v) is 8.92. The van der Waals surface area contributed by atoms with Crippen molar-refractivity contribution >= 4 is 22.4 Å². The minimum Gasteiger partial charge on any atom is -0.369 e. The molecular formula is C28H26F3N3O. The summed E-state index contributed by atoms with van der Waals surface area (Å²) >= 11 is 0. The van der Waals surface area contributed by atoms with Gasteiger partial charge in [0.05, 0.1) is 11.6 Å². The number of aromatic amines is 1. The largest absolute Gasteiger partial charge is 0.416 e. The van der Waals surface area contributed by atoms with Crippen LogP contribution in [0.4, 0.5) is 18.9 Å². The van der Waals surface area contributed by atoms with E-state index in [4.69, 9.17) is 0 Å². The number of nitrogens with one attached hydrogen (secondary N) is 1. The third-order valence-electron chi connectivity index (χ3n) is 6.72. The number of Topliss-reactive ketones (excluding diaryl/α,β-unsaturated/α-hetero) is 1. The number of carbonyl (C=O) groups is 1.